The summed E-state index contributed by atoms with van der Waals surface area (Å²) in [7, 11) is 0. The van der Waals surface area contributed by atoms with Gasteiger partial charge < -0.3 is 11.1 Å². The van der Waals surface area contributed by atoms with Crippen LogP contribution in [0.4, 0.5) is 0 Å². The summed E-state index contributed by atoms with van der Waals surface area (Å²) in [6, 6.07) is 0. The minimum absolute atomic E-state index is 0.0403. The molecule has 0 spiro atoms. The topological polar surface area (TPSA) is 38.0 Å². The summed E-state index contributed by atoms with van der Waals surface area (Å²) in [5, 5.41) is 3.63. The zero-order valence-corrected chi connectivity index (χ0v) is 8.90. The van der Waals surface area contributed by atoms with Gasteiger partial charge in [-0.15, -0.1) is 0 Å². The first-order chi connectivity index (χ1) is 6.02. The SMILES string of the molecule is CC1(NCC(C)(N)C2CC2)CCC1. The van der Waals surface area contributed by atoms with Crippen LogP contribution in [0.15, 0.2) is 0 Å². The summed E-state index contributed by atoms with van der Waals surface area (Å²) >= 11 is 0. The van der Waals surface area contributed by atoms with Crippen molar-refractivity contribution in [2.24, 2.45) is 11.7 Å². The molecular formula is C11H22N2. The van der Waals surface area contributed by atoms with Crippen molar-refractivity contribution in [3.05, 3.63) is 0 Å². The largest absolute Gasteiger partial charge is 0.324 e. The van der Waals surface area contributed by atoms with Gasteiger partial charge in [0.15, 0.2) is 0 Å². The van der Waals surface area contributed by atoms with Crippen molar-refractivity contribution in [2.75, 3.05) is 6.54 Å². The van der Waals surface area contributed by atoms with Crippen LogP contribution in [0.5, 0.6) is 0 Å². The maximum absolute atomic E-state index is 6.25. The summed E-state index contributed by atoms with van der Waals surface area (Å²) in [4.78, 5) is 0. The number of nitrogens with one attached hydrogen (secondary N) is 1. The van der Waals surface area contributed by atoms with E-state index in [0.29, 0.717) is 5.54 Å². The first-order valence-electron chi connectivity index (χ1n) is 5.56. The van der Waals surface area contributed by atoms with Gasteiger partial charge in [0.05, 0.1) is 0 Å². The predicted molar refractivity (Wildman–Crippen MR) is 55.6 cm³/mol. The fraction of sp³-hybridized carbons (Fsp3) is 1.00. The smallest absolute Gasteiger partial charge is 0.0280 e. The van der Waals surface area contributed by atoms with Gasteiger partial charge >= 0.3 is 0 Å². The van der Waals surface area contributed by atoms with E-state index in [2.05, 4.69) is 19.2 Å². The number of rotatable bonds is 4. The van der Waals surface area contributed by atoms with E-state index in [-0.39, 0.29) is 5.54 Å². The maximum Gasteiger partial charge on any atom is 0.0280 e. The molecule has 0 radical (unpaired) electrons. The fourth-order valence-electron chi connectivity index (χ4n) is 2.17. The van der Waals surface area contributed by atoms with Crippen LogP contribution in [0.2, 0.25) is 0 Å². The molecule has 1 atom stereocenters. The number of hydrogen-bond donors (Lipinski definition) is 2. The van der Waals surface area contributed by atoms with Crippen molar-refractivity contribution in [1.29, 1.82) is 0 Å². The summed E-state index contributed by atoms with van der Waals surface area (Å²) in [5.74, 6) is 0.781. The first-order valence-corrected chi connectivity index (χ1v) is 5.56. The van der Waals surface area contributed by atoms with Gasteiger partial charge in [0, 0.05) is 17.6 Å². The Bertz CT molecular complexity index is 190. The van der Waals surface area contributed by atoms with Crippen LogP contribution in [-0.2, 0) is 0 Å². The molecule has 13 heavy (non-hydrogen) atoms. The number of hydrogen-bond acceptors (Lipinski definition) is 2. The highest BCUT2D eigenvalue weighted by Crippen LogP contribution is 2.38. The van der Waals surface area contributed by atoms with E-state index in [1.54, 1.807) is 0 Å². The molecule has 0 amide bonds. The molecule has 2 fully saturated rings. The van der Waals surface area contributed by atoms with Gasteiger partial charge in [-0.05, 0) is 51.9 Å². The first kappa shape index (κ1) is 9.47. The van der Waals surface area contributed by atoms with E-state index in [1.807, 2.05) is 0 Å². The molecule has 0 aliphatic heterocycles. The van der Waals surface area contributed by atoms with E-state index in [0.717, 1.165) is 12.5 Å². The molecule has 0 aromatic heterocycles. The quantitative estimate of drug-likeness (QED) is 0.693. The Morgan fingerprint density at radius 2 is 2.08 bits per heavy atom. The molecule has 2 heteroatoms. The van der Waals surface area contributed by atoms with E-state index >= 15 is 0 Å². The molecule has 0 saturated heterocycles. The minimum atomic E-state index is 0.0403. The van der Waals surface area contributed by atoms with Crippen LogP contribution < -0.4 is 11.1 Å². The molecule has 2 aliphatic carbocycles. The fourth-order valence-corrected chi connectivity index (χ4v) is 2.17. The molecule has 1 unspecified atom stereocenters. The Morgan fingerprint density at radius 3 is 2.46 bits per heavy atom. The van der Waals surface area contributed by atoms with Gasteiger partial charge in [-0.25, -0.2) is 0 Å². The minimum Gasteiger partial charge on any atom is -0.324 e. The van der Waals surface area contributed by atoms with Gasteiger partial charge in [0.1, 0.15) is 0 Å². The van der Waals surface area contributed by atoms with Gasteiger partial charge in [0.25, 0.3) is 0 Å². The molecular weight excluding hydrogens is 160 g/mol. The number of nitrogens with two attached hydrogens (primary N) is 1. The third-order valence-corrected chi connectivity index (χ3v) is 3.86. The molecule has 76 valence electrons. The monoisotopic (exact) mass is 182 g/mol. The van der Waals surface area contributed by atoms with Crippen LogP contribution in [-0.4, -0.2) is 17.6 Å². The molecule has 3 N–H and O–H groups in total. The summed E-state index contributed by atoms with van der Waals surface area (Å²) in [6.07, 6.45) is 6.71. The van der Waals surface area contributed by atoms with Crippen LogP contribution in [0, 0.1) is 5.92 Å². The lowest BCUT2D eigenvalue weighted by Crippen LogP contribution is -2.57. The van der Waals surface area contributed by atoms with Gasteiger partial charge in [-0.1, -0.05) is 0 Å². The van der Waals surface area contributed by atoms with Crippen molar-refractivity contribution >= 4 is 0 Å². The second-order valence-corrected chi connectivity index (χ2v) is 5.55. The van der Waals surface area contributed by atoms with Crippen LogP contribution in [0.25, 0.3) is 0 Å². The zero-order valence-electron chi connectivity index (χ0n) is 8.90. The van der Waals surface area contributed by atoms with Crippen molar-refractivity contribution in [3.8, 4) is 0 Å². The highest BCUT2D eigenvalue weighted by molar-refractivity contribution is 5.00. The normalized spacial score (nSPS) is 30.7. The van der Waals surface area contributed by atoms with Gasteiger partial charge in [-0.2, -0.15) is 0 Å². The molecule has 0 aromatic rings. The van der Waals surface area contributed by atoms with Crippen molar-refractivity contribution in [3.63, 3.8) is 0 Å². The summed E-state index contributed by atoms with van der Waals surface area (Å²) in [6.45, 7) is 5.51. The third kappa shape index (κ3) is 2.05. The van der Waals surface area contributed by atoms with Crippen LogP contribution in [0.1, 0.15) is 46.0 Å². The van der Waals surface area contributed by atoms with Gasteiger partial charge in [0.2, 0.25) is 0 Å². The summed E-state index contributed by atoms with van der Waals surface area (Å²) < 4.78 is 0. The Hall–Kier alpha value is -0.0800. The van der Waals surface area contributed by atoms with E-state index < -0.39 is 0 Å². The summed E-state index contributed by atoms with van der Waals surface area (Å²) in [5.41, 5.74) is 6.70. The standard InChI is InChI=1S/C11H22N2/c1-10(6-3-7-10)13-8-11(2,12)9-4-5-9/h9,13H,3-8,12H2,1-2H3. The molecule has 2 nitrogen and oxygen atoms in total. The highest BCUT2D eigenvalue weighted by atomic mass is 15.0. The molecule has 0 aromatic carbocycles. The molecule has 2 aliphatic rings. The zero-order chi connectivity index (χ0) is 9.53. The van der Waals surface area contributed by atoms with E-state index in [4.69, 9.17) is 5.73 Å². The van der Waals surface area contributed by atoms with Gasteiger partial charge in [-0.3, -0.25) is 0 Å². The Kier molecular flexibility index (Phi) is 2.16. The molecule has 2 rings (SSSR count). The van der Waals surface area contributed by atoms with Crippen molar-refractivity contribution in [2.45, 2.75) is 57.0 Å². The van der Waals surface area contributed by atoms with Crippen LogP contribution in [0.3, 0.4) is 0 Å². The highest BCUT2D eigenvalue weighted by Gasteiger charge is 2.40. The van der Waals surface area contributed by atoms with Crippen molar-refractivity contribution in [1.82, 2.24) is 5.32 Å². The molecule has 0 heterocycles. The Balaban J connectivity index is 1.77. The average Bonchev–Trinajstić information content (AvgIpc) is 2.79. The molecule has 0 bridgehead atoms. The molecule has 2 saturated carbocycles. The van der Waals surface area contributed by atoms with E-state index in [9.17, 15) is 0 Å². The van der Waals surface area contributed by atoms with E-state index in [1.165, 1.54) is 32.1 Å². The average molecular weight is 182 g/mol. The maximum atomic E-state index is 6.25. The lowest BCUT2D eigenvalue weighted by atomic mass is 9.78. The third-order valence-electron chi connectivity index (χ3n) is 3.86. The lowest BCUT2D eigenvalue weighted by Gasteiger charge is -2.42. The second kappa shape index (κ2) is 2.96. The lowest BCUT2D eigenvalue weighted by molar-refractivity contribution is 0.188. The second-order valence-electron chi connectivity index (χ2n) is 5.55. The van der Waals surface area contributed by atoms with Crippen molar-refractivity contribution < 1.29 is 0 Å². The predicted octanol–water partition coefficient (Wildman–Crippen LogP) is 1.65. The Labute approximate surface area is 81.3 Å². The van der Waals surface area contributed by atoms with Crippen LogP contribution >= 0.6 is 0 Å². The Morgan fingerprint density at radius 1 is 1.46 bits per heavy atom.